The predicted octanol–water partition coefficient (Wildman–Crippen LogP) is 1.55. The summed E-state index contributed by atoms with van der Waals surface area (Å²) in [6.07, 6.45) is 0. The fourth-order valence-corrected chi connectivity index (χ4v) is 2.25. The Morgan fingerprint density at radius 1 is 1.48 bits per heavy atom. The fourth-order valence-electron chi connectivity index (χ4n) is 2.00. The molecule has 0 bridgehead atoms. The lowest BCUT2D eigenvalue weighted by Gasteiger charge is -2.26. The smallest absolute Gasteiger partial charge is 0.244 e. The number of hydrogen-bond acceptors (Lipinski definition) is 4. The van der Waals surface area contributed by atoms with Crippen LogP contribution in [0.25, 0.3) is 0 Å². The number of carbonyl (C=O) groups excluding carboxylic acids is 1. The van der Waals surface area contributed by atoms with Gasteiger partial charge in [0.15, 0.2) is 5.96 Å². The van der Waals surface area contributed by atoms with Crippen LogP contribution in [0.15, 0.2) is 23.2 Å². The molecule has 128 valence electrons. The van der Waals surface area contributed by atoms with Crippen molar-refractivity contribution in [3.05, 3.63) is 23.2 Å². The van der Waals surface area contributed by atoms with Crippen LogP contribution in [-0.2, 0) is 9.53 Å². The van der Waals surface area contributed by atoms with Crippen LogP contribution in [0.5, 0.6) is 5.75 Å². The number of carbonyl (C=O) groups is 1. The number of guanidine groups is 1. The van der Waals surface area contributed by atoms with Crippen LogP contribution in [0.3, 0.4) is 0 Å². The van der Waals surface area contributed by atoms with Crippen molar-refractivity contribution in [1.82, 2.24) is 4.90 Å². The Balaban J connectivity index is 0.00000264. The van der Waals surface area contributed by atoms with Crippen LogP contribution in [-0.4, -0.2) is 56.7 Å². The van der Waals surface area contributed by atoms with Gasteiger partial charge in [0.05, 0.1) is 25.3 Å². The summed E-state index contributed by atoms with van der Waals surface area (Å²) in [5.74, 6) is 0.661. The Morgan fingerprint density at radius 2 is 2.17 bits per heavy atom. The second-order valence-corrected chi connectivity index (χ2v) is 5.08. The molecule has 0 radical (unpaired) electrons. The largest absolute Gasteiger partial charge is 0.495 e. The first-order valence-electron chi connectivity index (χ1n) is 6.86. The molecule has 2 rings (SSSR count). The van der Waals surface area contributed by atoms with E-state index in [1.165, 1.54) is 0 Å². The summed E-state index contributed by atoms with van der Waals surface area (Å²) < 4.78 is 10.3. The van der Waals surface area contributed by atoms with Gasteiger partial charge in [-0.3, -0.25) is 4.79 Å². The Bertz CT molecular complexity index is 565. The molecule has 1 heterocycles. The van der Waals surface area contributed by atoms with Crippen molar-refractivity contribution in [3.63, 3.8) is 0 Å². The van der Waals surface area contributed by atoms with Gasteiger partial charge in [-0.25, -0.2) is 4.99 Å². The fraction of sp³-hybridized carbons (Fsp3) is 0.429. The van der Waals surface area contributed by atoms with Gasteiger partial charge < -0.3 is 25.4 Å². The molecule has 1 aliphatic heterocycles. The first-order chi connectivity index (χ1) is 10.6. The molecule has 0 aromatic heterocycles. The van der Waals surface area contributed by atoms with Crippen molar-refractivity contribution < 1.29 is 14.3 Å². The minimum atomic E-state index is -0.0687. The molecule has 0 aliphatic carbocycles. The topological polar surface area (TPSA) is 89.2 Å². The van der Waals surface area contributed by atoms with E-state index in [4.69, 9.17) is 26.8 Å². The van der Waals surface area contributed by atoms with Crippen LogP contribution in [0.4, 0.5) is 5.69 Å². The van der Waals surface area contributed by atoms with E-state index in [9.17, 15) is 4.79 Å². The zero-order valence-electron chi connectivity index (χ0n) is 12.8. The lowest BCUT2D eigenvalue weighted by atomic mass is 10.3. The third-order valence-electron chi connectivity index (χ3n) is 3.17. The summed E-state index contributed by atoms with van der Waals surface area (Å²) in [5.41, 5.74) is 6.45. The zero-order valence-corrected chi connectivity index (χ0v) is 15.8. The number of nitrogens with two attached hydrogens (primary N) is 1. The van der Waals surface area contributed by atoms with Gasteiger partial charge in [-0.15, -0.1) is 24.0 Å². The summed E-state index contributed by atoms with van der Waals surface area (Å²) in [5, 5.41) is 3.35. The van der Waals surface area contributed by atoms with Gasteiger partial charge >= 0.3 is 0 Å². The highest BCUT2D eigenvalue weighted by Gasteiger charge is 2.16. The van der Waals surface area contributed by atoms with Crippen molar-refractivity contribution >= 4 is 53.1 Å². The molecule has 0 spiro atoms. The number of benzene rings is 1. The first kappa shape index (κ1) is 19.8. The number of aliphatic imine (C=N–C) groups is 1. The van der Waals surface area contributed by atoms with E-state index in [1.54, 1.807) is 30.2 Å². The third-order valence-corrected chi connectivity index (χ3v) is 3.47. The van der Waals surface area contributed by atoms with Gasteiger partial charge in [0, 0.05) is 18.8 Å². The summed E-state index contributed by atoms with van der Waals surface area (Å²) in [6.45, 7) is 2.31. The second kappa shape index (κ2) is 9.78. The summed E-state index contributed by atoms with van der Waals surface area (Å²) >= 11 is 6.02. The van der Waals surface area contributed by atoms with Gasteiger partial charge in [0.1, 0.15) is 12.3 Å². The first-order valence-corrected chi connectivity index (χ1v) is 7.24. The maximum atomic E-state index is 11.9. The van der Waals surface area contributed by atoms with Crippen LogP contribution >= 0.6 is 35.6 Å². The van der Waals surface area contributed by atoms with E-state index >= 15 is 0 Å². The van der Waals surface area contributed by atoms with Crippen molar-refractivity contribution in [2.24, 2.45) is 10.7 Å². The zero-order chi connectivity index (χ0) is 15.9. The molecule has 1 aromatic rings. The molecule has 0 atom stereocenters. The minimum Gasteiger partial charge on any atom is -0.495 e. The Kier molecular flexibility index (Phi) is 8.42. The van der Waals surface area contributed by atoms with Crippen molar-refractivity contribution in [2.45, 2.75) is 0 Å². The number of nitrogens with one attached hydrogen (secondary N) is 1. The number of morpholine rings is 1. The molecule has 9 heteroatoms. The SMILES string of the molecule is COc1ccc(NC(N)=NCC(=O)N2CCOCC2)cc1Cl.I. The predicted molar refractivity (Wildman–Crippen MR) is 101 cm³/mol. The summed E-state index contributed by atoms with van der Waals surface area (Å²) in [4.78, 5) is 17.7. The lowest BCUT2D eigenvalue weighted by Crippen LogP contribution is -2.42. The van der Waals surface area contributed by atoms with Crippen LogP contribution in [0.1, 0.15) is 0 Å². The number of amides is 1. The standard InChI is InChI=1S/C14H19ClN4O3.HI/c1-21-12-3-2-10(8-11(12)15)18-14(16)17-9-13(20)19-4-6-22-7-5-19;/h2-3,8H,4-7,9H2,1H3,(H3,16,17,18);1H. The molecular formula is C14H20ClIN4O3. The number of halogens is 2. The maximum absolute atomic E-state index is 11.9. The molecular weight excluding hydrogens is 435 g/mol. The number of methoxy groups -OCH3 is 1. The van der Waals surface area contributed by atoms with Gasteiger partial charge in [-0.2, -0.15) is 0 Å². The Labute approximate surface area is 157 Å². The molecule has 7 nitrogen and oxygen atoms in total. The Morgan fingerprint density at radius 3 is 2.78 bits per heavy atom. The average molecular weight is 455 g/mol. The van der Waals surface area contributed by atoms with E-state index in [1.807, 2.05) is 0 Å². The maximum Gasteiger partial charge on any atom is 0.244 e. The van der Waals surface area contributed by atoms with Gasteiger partial charge in [0.25, 0.3) is 0 Å². The van der Waals surface area contributed by atoms with E-state index < -0.39 is 0 Å². The molecule has 1 fully saturated rings. The molecule has 1 amide bonds. The molecule has 1 aliphatic rings. The van der Waals surface area contributed by atoms with Crippen LogP contribution in [0, 0.1) is 0 Å². The third kappa shape index (κ3) is 6.04. The monoisotopic (exact) mass is 454 g/mol. The number of ether oxygens (including phenoxy) is 2. The van der Waals surface area contributed by atoms with Gasteiger partial charge in [-0.05, 0) is 18.2 Å². The molecule has 0 unspecified atom stereocenters. The van der Waals surface area contributed by atoms with E-state index in [0.717, 1.165) is 0 Å². The van der Waals surface area contributed by atoms with Gasteiger partial charge in [0.2, 0.25) is 5.91 Å². The lowest BCUT2D eigenvalue weighted by molar-refractivity contribution is -0.133. The minimum absolute atomic E-state index is 0. The Hall–Kier alpha value is -1.26. The van der Waals surface area contributed by atoms with E-state index in [0.29, 0.717) is 42.8 Å². The normalized spacial score (nSPS) is 14.9. The highest BCUT2D eigenvalue weighted by Crippen LogP contribution is 2.26. The van der Waals surface area contributed by atoms with Crippen molar-refractivity contribution in [3.8, 4) is 5.75 Å². The van der Waals surface area contributed by atoms with Crippen molar-refractivity contribution in [1.29, 1.82) is 0 Å². The summed E-state index contributed by atoms with van der Waals surface area (Å²) in [7, 11) is 1.54. The van der Waals surface area contributed by atoms with Crippen molar-refractivity contribution in [2.75, 3.05) is 45.3 Å². The van der Waals surface area contributed by atoms with Crippen LogP contribution < -0.4 is 15.8 Å². The average Bonchev–Trinajstić information content (AvgIpc) is 2.53. The van der Waals surface area contributed by atoms with E-state index in [2.05, 4.69) is 10.3 Å². The molecule has 23 heavy (non-hydrogen) atoms. The van der Waals surface area contributed by atoms with Gasteiger partial charge in [-0.1, -0.05) is 11.6 Å². The molecule has 3 N–H and O–H groups in total. The van der Waals surface area contributed by atoms with Crippen LogP contribution in [0.2, 0.25) is 5.02 Å². The highest BCUT2D eigenvalue weighted by atomic mass is 127. The highest BCUT2D eigenvalue weighted by molar-refractivity contribution is 14.0. The molecule has 0 saturated carbocycles. The molecule has 1 aromatic carbocycles. The van der Waals surface area contributed by atoms with E-state index in [-0.39, 0.29) is 42.4 Å². The number of nitrogens with zero attached hydrogens (tertiary/aromatic N) is 2. The quantitative estimate of drug-likeness (QED) is 0.409. The number of anilines is 1. The summed E-state index contributed by atoms with van der Waals surface area (Å²) in [6, 6.07) is 5.15. The number of rotatable bonds is 4. The second-order valence-electron chi connectivity index (χ2n) is 4.67. The number of hydrogen-bond donors (Lipinski definition) is 2. The molecule has 1 saturated heterocycles.